The molecule has 0 aliphatic carbocycles. The Hall–Kier alpha value is -1.18. The topological polar surface area (TPSA) is 30.0 Å². The van der Waals surface area contributed by atoms with Gasteiger partial charge in [-0.25, -0.2) is 0 Å². The maximum Gasteiger partial charge on any atom is 0.127 e. The predicted molar refractivity (Wildman–Crippen MR) is 48.2 cm³/mol. The van der Waals surface area contributed by atoms with E-state index in [4.69, 9.17) is 0 Å². The quantitative estimate of drug-likeness (QED) is 0.624. The van der Waals surface area contributed by atoms with Gasteiger partial charge in [0.1, 0.15) is 6.29 Å². The Morgan fingerprint density at radius 3 is 2.67 bits per heavy atom. The van der Waals surface area contributed by atoms with E-state index in [-0.39, 0.29) is 5.92 Å². The van der Waals surface area contributed by atoms with E-state index in [9.17, 15) is 4.79 Å². The lowest BCUT2D eigenvalue weighted by molar-refractivity contribution is -0.108. The molecule has 0 aromatic carbocycles. The molecule has 0 aliphatic heterocycles. The Morgan fingerprint density at radius 2 is 2.17 bits per heavy atom. The molecular formula is C10H13NO. The molecule has 0 bridgehead atoms. The Balaban J connectivity index is 3.04. The fourth-order valence-corrected chi connectivity index (χ4v) is 0.992. The summed E-state index contributed by atoms with van der Waals surface area (Å²) in [4.78, 5) is 14.7. The molecule has 1 rings (SSSR count). The van der Waals surface area contributed by atoms with Gasteiger partial charge in [0, 0.05) is 17.8 Å². The molecular weight excluding hydrogens is 150 g/mol. The molecule has 1 heterocycles. The number of aryl methyl sites for hydroxylation is 2. The van der Waals surface area contributed by atoms with Crippen LogP contribution < -0.4 is 0 Å². The minimum absolute atomic E-state index is 0.0446. The number of carbonyl (C=O) groups is 1. The molecule has 12 heavy (non-hydrogen) atoms. The minimum Gasteiger partial charge on any atom is -0.303 e. The SMILES string of the molecule is Cc1cc(C(C)C=O)cnc1C. The van der Waals surface area contributed by atoms with Crippen LogP contribution in [0.15, 0.2) is 12.3 Å². The molecule has 0 spiro atoms. The molecule has 1 atom stereocenters. The number of hydrogen-bond donors (Lipinski definition) is 0. The maximum atomic E-state index is 10.5. The third-order valence-electron chi connectivity index (χ3n) is 2.09. The summed E-state index contributed by atoms with van der Waals surface area (Å²) in [6.07, 6.45) is 2.70. The number of pyridine rings is 1. The molecule has 1 aromatic rings. The number of hydrogen-bond acceptors (Lipinski definition) is 2. The standard InChI is InChI=1S/C10H13NO/c1-7-4-10(8(2)6-12)5-11-9(7)3/h4-6,8H,1-3H3. The highest BCUT2D eigenvalue weighted by Crippen LogP contribution is 2.14. The van der Waals surface area contributed by atoms with Crippen molar-refractivity contribution in [2.45, 2.75) is 26.7 Å². The Morgan fingerprint density at radius 1 is 1.50 bits per heavy atom. The van der Waals surface area contributed by atoms with Crippen molar-refractivity contribution in [1.29, 1.82) is 0 Å². The van der Waals surface area contributed by atoms with Crippen molar-refractivity contribution in [3.8, 4) is 0 Å². The summed E-state index contributed by atoms with van der Waals surface area (Å²) in [6, 6.07) is 2.02. The van der Waals surface area contributed by atoms with Crippen LogP contribution >= 0.6 is 0 Å². The number of nitrogens with zero attached hydrogens (tertiary/aromatic N) is 1. The second-order valence-corrected chi connectivity index (χ2v) is 3.10. The smallest absolute Gasteiger partial charge is 0.127 e. The average Bonchev–Trinajstić information content (AvgIpc) is 2.08. The van der Waals surface area contributed by atoms with E-state index in [0.29, 0.717) is 0 Å². The first kappa shape index (κ1) is 8.91. The van der Waals surface area contributed by atoms with Crippen LogP contribution in [0.2, 0.25) is 0 Å². The zero-order valence-electron chi connectivity index (χ0n) is 7.66. The van der Waals surface area contributed by atoms with Crippen molar-refractivity contribution in [3.05, 3.63) is 29.1 Å². The lowest BCUT2D eigenvalue weighted by Crippen LogP contribution is -1.97. The lowest BCUT2D eigenvalue weighted by Gasteiger charge is -2.05. The molecule has 0 aliphatic rings. The van der Waals surface area contributed by atoms with Gasteiger partial charge in [0.25, 0.3) is 0 Å². The summed E-state index contributed by atoms with van der Waals surface area (Å²) in [7, 11) is 0. The normalized spacial score (nSPS) is 12.6. The summed E-state index contributed by atoms with van der Waals surface area (Å²) < 4.78 is 0. The van der Waals surface area contributed by atoms with Crippen molar-refractivity contribution >= 4 is 6.29 Å². The van der Waals surface area contributed by atoms with Gasteiger partial charge >= 0.3 is 0 Å². The summed E-state index contributed by atoms with van der Waals surface area (Å²) in [6.45, 7) is 5.84. The van der Waals surface area contributed by atoms with Crippen molar-refractivity contribution in [1.82, 2.24) is 4.98 Å². The van der Waals surface area contributed by atoms with Gasteiger partial charge in [-0.15, -0.1) is 0 Å². The highest BCUT2D eigenvalue weighted by Gasteiger charge is 2.04. The van der Waals surface area contributed by atoms with E-state index in [2.05, 4.69) is 4.98 Å². The number of rotatable bonds is 2. The third-order valence-corrected chi connectivity index (χ3v) is 2.09. The van der Waals surface area contributed by atoms with E-state index < -0.39 is 0 Å². The van der Waals surface area contributed by atoms with Gasteiger partial charge in [0.2, 0.25) is 0 Å². The molecule has 0 saturated heterocycles. The van der Waals surface area contributed by atoms with Gasteiger partial charge in [-0.2, -0.15) is 0 Å². The van der Waals surface area contributed by atoms with Crippen LogP contribution in [-0.4, -0.2) is 11.3 Å². The first-order valence-corrected chi connectivity index (χ1v) is 4.03. The van der Waals surface area contributed by atoms with E-state index in [1.807, 2.05) is 26.8 Å². The Bertz CT molecular complexity index is 294. The second-order valence-electron chi connectivity index (χ2n) is 3.10. The van der Waals surface area contributed by atoms with Crippen molar-refractivity contribution in [3.63, 3.8) is 0 Å². The molecule has 2 heteroatoms. The fraction of sp³-hybridized carbons (Fsp3) is 0.400. The lowest BCUT2D eigenvalue weighted by atomic mass is 10.0. The van der Waals surface area contributed by atoms with Crippen molar-refractivity contribution in [2.24, 2.45) is 0 Å². The predicted octanol–water partition coefficient (Wildman–Crippen LogP) is 2.00. The summed E-state index contributed by atoms with van der Waals surface area (Å²) in [5, 5.41) is 0. The summed E-state index contributed by atoms with van der Waals surface area (Å²) in [5.41, 5.74) is 3.16. The molecule has 1 aromatic heterocycles. The van der Waals surface area contributed by atoms with Crippen LogP contribution in [0.1, 0.15) is 29.7 Å². The van der Waals surface area contributed by atoms with Crippen LogP contribution in [0.25, 0.3) is 0 Å². The van der Waals surface area contributed by atoms with Gasteiger partial charge in [-0.05, 0) is 25.0 Å². The average molecular weight is 163 g/mol. The monoisotopic (exact) mass is 163 g/mol. The van der Waals surface area contributed by atoms with Crippen LogP contribution in [-0.2, 0) is 4.79 Å². The van der Waals surface area contributed by atoms with Gasteiger partial charge in [0.05, 0.1) is 0 Å². The number of carbonyl (C=O) groups excluding carboxylic acids is 1. The van der Waals surface area contributed by atoms with E-state index >= 15 is 0 Å². The highest BCUT2D eigenvalue weighted by molar-refractivity contribution is 5.61. The molecule has 0 fully saturated rings. The maximum absolute atomic E-state index is 10.5. The minimum atomic E-state index is -0.0446. The third kappa shape index (κ3) is 1.70. The van der Waals surface area contributed by atoms with Gasteiger partial charge in [0.15, 0.2) is 0 Å². The Labute approximate surface area is 72.6 Å². The van der Waals surface area contributed by atoms with Crippen LogP contribution in [0.3, 0.4) is 0 Å². The van der Waals surface area contributed by atoms with Gasteiger partial charge < -0.3 is 4.79 Å². The molecule has 0 amide bonds. The molecule has 0 saturated carbocycles. The fourth-order valence-electron chi connectivity index (χ4n) is 0.992. The molecule has 0 radical (unpaired) electrons. The molecule has 64 valence electrons. The summed E-state index contributed by atoms with van der Waals surface area (Å²) in [5.74, 6) is -0.0446. The highest BCUT2D eigenvalue weighted by atomic mass is 16.1. The van der Waals surface area contributed by atoms with E-state index in [0.717, 1.165) is 23.1 Å². The Kier molecular flexibility index (Phi) is 2.58. The second kappa shape index (κ2) is 3.48. The zero-order valence-corrected chi connectivity index (χ0v) is 7.66. The van der Waals surface area contributed by atoms with E-state index in [1.165, 1.54) is 0 Å². The summed E-state index contributed by atoms with van der Waals surface area (Å²) >= 11 is 0. The zero-order chi connectivity index (χ0) is 9.14. The van der Waals surface area contributed by atoms with Crippen LogP contribution in [0.5, 0.6) is 0 Å². The largest absolute Gasteiger partial charge is 0.303 e. The van der Waals surface area contributed by atoms with E-state index in [1.54, 1.807) is 6.20 Å². The van der Waals surface area contributed by atoms with Crippen LogP contribution in [0, 0.1) is 13.8 Å². The first-order chi connectivity index (χ1) is 5.65. The first-order valence-electron chi connectivity index (χ1n) is 4.03. The molecule has 0 N–H and O–H groups in total. The number of aromatic nitrogens is 1. The molecule has 2 nitrogen and oxygen atoms in total. The molecule has 1 unspecified atom stereocenters. The number of aldehydes is 1. The van der Waals surface area contributed by atoms with Crippen LogP contribution in [0.4, 0.5) is 0 Å². The van der Waals surface area contributed by atoms with Gasteiger partial charge in [-0.3, -0.25) is 4.98 Å². The van der Waals surface area contributed by atoms with Crippen molar-refractivity contribution in [2.75, 3.05) is 0 Å². The van der Waals surface area contributed by atoms with Gasteiger partial charge in [-0.1, -0.05) is 13.0 Å². The van der Waals surface area contributed by atoms with Crippen molar-refractivity contribution < 1.29 is 4.79 Å².